The van der Waals surface area contributed by atoms with Gasteiger partial charge in [-0.25, -0.2) is 9.48 Å². The topological polar surface area (TPSA) is 98.1 Å². The van der Waals surface area contributed by atoms with Gasteiger partial charge in [-0.3, -0.25) is 4.79 Å². The second-order valence-electron chi connectivity index (χ2n) is 8.18. The second-order valence-corrected chi connectivity index (χ2v) is 8.59. The van der Waals surface area contributed by atoms with E-state index in [9.17, 15) is 9.59 Å². The fourth-order valence-corrected chi connectivity index (χ4v) is 3.18. The van der Waals surface area contributed by atoms with Gasteiger partial charge in [0.05, 0.1) is 21.9 Å². The van der Waals surface area contributed by atoms with Gasteiger partial charge in [0.25, 0.3) is 5.91 Å². The molecule has 30 heavy (non-hydrogen) atoms. The molecular weight excluding hydrogens is 406 g/mol. The van der Waals surface area contributed by atoms with E-state index in [0.717, 1.165) is 0 Å². The minimum atomic E-state index is -0.644. The molecule has 0 unspecified atom stereocenters. The van der Waals surface area contributed by atoms with E-state index in [1.54, 1.807) is 39.8 Å². The standard InChI is InChI=1S/C21H30ClN5O3/c1-7-21(8-2,13-23-19(29)30-20(4,5)6)24-18(28)17-14(3)27(26-25-17)16-12-10-9-11-15(16)22/h9-12H,7-8,13H2,1-6H3,(H,23,29)(H,24,28). The molecule has 0 radical (unpaired) electrons. The second kappa shape index (κ2) is 9.47. The first-order valence-electron chi connectivity index (χ1n) is 9.98. The lowest BCUT2D eigenvalue weighted by Gasteiger charge is -2.33. The average Bonchev–Trinajstić information content (AvgIpc) is 3.05. The molecule has 2 rings (SSSR count). The van der Waals surface area contributed by atoms with Crippen molar-refractivity contribution in [3.63, 3.8) is 0 Å². The minimum absolute atomic E-state index is 0.207. The quantitative estimate of drug-likeness (QED) is 0.683. The van der Waals surface area contributed by atoms with Crippen molar-refractivity contribution in [3.05, 3.63) is 40.7 Å². The molecule has 0 fully saturated rings. The van der Waals surface area contributed by atoms with E-state index in [-0.39, 0.29) is 18.1 Å². The maximum Gasteiger partial charge on any atom is 0.407 e. The smallest absolute Gasteiger partial charge is 0.407 e. The van der Waals surface area contributed by atoms with Gasteiger partial charge in [0.1, 0.15) is 5.60 Å². The number of carbonyl (C=O) groups excluding carboxylic acids is 2. The number of benzene rings is 1. The number of halogens is 1. The summed E-state index contributed by atoms with van der Waals surface area (Å²) in [6, 6.07) is 7.21. The number of nitrogens with one attached hydrogen (secondary N) is 2. The molecule has 164 valence electrons. The predicted molar refractivity (Wildman–Crippen MR) is 116 cm³/mol. The van der Waals surface area contributed by atoms with Gasteiger partial charge < -0.3 is 15.4 Å². The summed E-state index contributed by atoms with van der Waals surface area (Å²) in [6.07, 6.45) is 0.703. The first-order chi connectivity index (χ1) is 14.0. The van der Waals surface area contributed by atoms with Crippen molar-refractivity contribution in [2.24, 2.45) is 0 Å². The zero-order valence-electron chi connectivity index (χ0n) is 18.4. The van der Waals surface area contributed by atoms with Crippen LogP contribution in [-0.4, -0.2) is 44.7 Å². The van der Waals surface area contributed by atoms with Gasteiger partial charge >= 0.3 is 6.09 Å². The minimum Gasteiger partial charge on any atom is -0.444 e. The highest BCUT2D eigenvalue weighted by atomic mass is 35.5. The number of rotatable bonds is 7. The number of carbonyl (C=O) groups is 2. The Kier molecular flexibility index (Phi) is 7.47. The van der Waals surface area contributed by atoms with E-state index >= 15 is 0 Å². The molecule has 0 atom stereocenters. The molecule has 1 heterocycles. The molecule has 0 saturated carbocycles. The zero-order valence-corrected chi connectivity index (χ0v) is 19.1. The summed E-state index contributed by atoms with van der Waals surface area (Å²) in [7, 11) is 0. The van der Waals surface area contributed by atoms with Gasteiger partial charge in [-0.2, -0.15) is 0 Å². The largest absolute Gasteiger partial charge is 0.444 e. The Morgan fingerprint density at radius 3 is 2.37 bits per heavy atom. The molecule has 0 spiro atoms. The molecule has 0 aliphatic heterocycles. The van der Waals surface area contributed by atoms with Gasteiger partial charge in [-0.05, 0) is 52.7 Å². The van der Waals surface area contributed by atoms with Crippen LogP contribution in [0, 0.1) is 6.92 Å². The molecule has 0 bridgehead atoms. The Labute approximate surface area is 182 Å². The Morgan fingerprint density at radius 1 is 1.17 bits per heavy atom. The number of alkyl carbamates (subject to hydrolysis) is 1. The van der Waals surface area contributed by atoms with Crippen LogP contribution >= 0.6 is 11.6 Å². The Hall–Kier alpha value is -2.61. The lowest BCUT2D eigenvalue weighted by atomic mass is 9.92. The van der Waals surface area contributed by atoms with Crippen LogP contribution < -0.4 is 10.6 Å². The molecule has 2 amide bonds. The number of aromatic nitrogens is 3. The number of nitrogens with zero attached hydrogens (tertiary/aromatic N) is 3. The van der Waals surface area contributed by atoms with Crippen molar-refractivity contribution in [3.8, 4) is 5.69 Å². The van der Waals surface area contributed by atoms with Crippen LogP contribution in [0.15, 0.2) is 24.3 Å². The summed E-state index contributed by atoms with van der Waals surface area (Å²) in [5, 5.41) is 14.4. The van der Waals surface area contributed by atoms with Crippen molar-refractivity contribution >= 4 is 23.6 Å². The maximum absolute atomic E-state index is 13.0. The summed E-state index contributed by atoms with van der Waals surface area (Å²) in [5.41, 5.74) is 0.185. The van der Waals surface area contributed by atoms with Crippen LogP contribution in [0.2, 0.25) is 5.02 Å². The molecule has 1 aromatic carbocycles. The normalized spacial score (nSPS) is 11.8. The molecule has 2 aromatic rings. The number of para-hydroxylation sites is 1. The first kappa shape index (κ1) is 23.7. The molecule has 9 heteroatoms. The Morgan fingerprint density at radius 2 is 1.80 bits per heavy atom. The van der Waals surface area contributed by atoms with E-state index in [1.165, 1.54) is 4.68 Å². The third kappa shape index (κ3) is 5.72. The number of ether oxygens (including phenoxy) is 1. The molecule has 2 N–H and O–H groups in total. The van der Waals surface area contributed by atoms with Crippen LogP contribution in [0.1, 0.15) is 63.6 Å². The van der Waals surface area contributed by atoms with Crippen molar-refractivity contribution < 1.29 is 14.3 Å². The van der Waals surface area contributed by atoms with Crippen molar-refractivity contribution in [2.75, 3.05) is 6.54 Å². The van der Waals surface area contributed by atoms with Gasteiger partial charge in [0.2, 0.25) is 0 Å². The fraction of sp³-hybridized carbons (Fsp3) is 0.524. The molecule has 0 aliphatic rings. The molecule has 0 aliphatic carbocycles. The zero-order chi connectivity index (χ0) is 22.5. The van der Waals surface area contributed by atoms with Gasteiger partial charge in [-0.1, -0.05) is 42.8 Å². The number of hydrogen-bond acceptors (Lipinski definition) is 5. The molecule has 8 nitrogen and oxygen atoms in total. The third-order valence-electron chi connectivity index (χ3n) is 4.89. The number of amides is 2. The molecule has 1 aromatic heterocycles. The van der Waals surface area contributed by atoms with Crippen molar-refractivity contribution in [1.82, 2.24) is 25.6 Å². The fourth-order valence-electron chi connectivity index (χ4n) is 2.97. The summed E-state index contributed by atoms with van der Waals surface area (Å²) in [6.45, 7) is 11.3. The van der Waals surface area contributed by atoms with E-state index in [4.69, 9.17) is 16.3 Å². The highest BCUT2D eigenvalue weighted by Gasteiger charge is 2.32. The lowest BCUT2D eigenvalue weighted by Crippen LogP contribution is -2.55. The van der Waals surface area contributed by atoms with Gasteiger partial charge in [0, 0.05) is 6.54 Å². The molecule has 0 saturated heterocycles. The van der Waals surface area contributed by atoms with Gasteiger partial charge in [0.15, 0.2) is 5.69 Å². The summed E-state index contributed by atoms with van der Waals surface area (Å²) >= 11 is 6.25. The Bertz CT molecular complexity index is 900. The van der Waals surface area contributed by atoms with Crippen LogP contribution in [0.4, 0.5) is 4.79 Å². The molecular formula is C21H30ClN5O3. The lowest BCUT2D eigenvalue weighted by molar-refractivity contribution is 0.0501. The van der Waals surface area contributed by atoms with Gasteiger partial charge in [-0.15, -0.1) is 5.10 Å². The highest BCUT2D eigenvalue weighted by molar-refractivity contribution is 6.32. The van der Waals surface area contributed by atoms with Crippen molar-refractivity contribution in [1.29, 1.82) is 0 Å². The van der Waals surface area contributed by atoms with Crippen LogP contribution in [0.25, 0.3) is 5.69 Å². The van der Waals surface area contributed by atoms with Crippen molar-refractivity contribution in [2.45, 2.75) is 65.5 Å². The highest BCUT2D eigenvalue weighted by Crippen LogP contribution is 2.22. The van der Waals surface area contributed by atoms with Crippen LogP contribution in [0.3, 0.4) is 0 Å². The van der Waals surface area contributed by atoms with E-state index in [2.05, 4.69) is 20.9 Å². The first-order valence-corrected chi connectivity index (χ1v) is 10.4. The van der Waals surface area contributed by atoms with E-state index in [0.29, 0.717) is 29.2 Å². The summed E-state index contributed by atoms with van der Waals surface area (Å²) < 4.78 is 6.83. The maximum atomic E-state index is 13.0. The summed E-state index contributed by atoms with van der Waals surface area (Å²) in [4.78, 5) is 25.1. The summed E-state index contributed by atoms with van der Waals surface area (Å²) in [5.74, 6) is -0.361. The monoisotopic (exact) mass is 435 g/mol. The number of hydrogen-bond donors (Lipinski definition) is 2. The SMILES string of the molecule is CCC(CC)(CNC(=O)OC(C)(C)C)NC(=O)c1nnn(-c2ccccc2Cl)c1C. The average molecular weight is 436 g/mol. The predicted octanol–water partition coefficient (Wildman–Crippen LogP) is 4.04. The van der Waals surface area contributed by atoms with E-state index < -0.39 is 17.2 Å². The Balaban J connectivity index is 2.17. The third-order valence-corrected chi connectivity index (χ3v) is 5.21. The van der Waals surface area contributed by atoms with Crippen LogP contribution in [0.5, 0.6) is 0 Å². The van der Waals surface area contributed by atoms with E-state index in [1.807, 2.05) is 26.0 Å². The van der Waals surface area contributed by atoms with Crippen LogP contribution in [-0.2, 0) is 4.74 Å².